The van der Waals surface area contributed by atoms with Crippen molar-refractivity contribution in [2.75, 3.05) is 6.54 Å². The van der Waals surface area contributed by atoms with Crippen molar-refractivity contribution in [1.29, 1.82) is 0 Å². The minimum absolute atomic E-state index is 0.0387. The zero-order chi connectivity index (χ0) is 23.5. The lowest BCUT2D eigenvalue weighted by molar-refractivity contribution is -0.125. The molecule has 34 heavy (non-hydrogen) atoms. The normalized spacial score (nSPS) is 15.5. The Morgan fingerprint density at radius 2 is 1.88 bits per heavy atom. The highest BCUT2D eigenvalue weighted by Crippen LogP contribution is 2.31. The van der Waals surface area contributed by atoms with Crippen LogP contribution in [0.4, 0.5) is 0 Å². The predicted molar refractivity (Wildman–Crippen MR) is 129 cm³/mol. The Morgan fingerprint density at radius 1 is 1.03 bits per heavy atom. The predicted octanol–water partition coefficient (Wildman–Crippen LogP) is 3.71. The molecule has 4 aromatic rings. The lowest BCUT2D eigenvalue weighted by atomic mass is 10.0. The van der Waals surface area contributed by atoms with E-state index in [-0.39, 0.29) is 23.1 Å². The second-order valence-electron chi connectivity index (χ2n) is 8.58. The molecule has 0 saturated carbocycles. The van der Waals surface area contributed by atoms with Gasteiger partial charge in [-0.25, -0.2) is 0 Å². The fourth-order valence-electron chi connectivity index (χ4n) is 4.59. The molecule has 3 aromatic carbocycles. The third-order valence-corrected chi connectivity index (χ3v) is 6.31. The summed E-state index contributed by atoms with van der Waals surface area (Å²) >= 11 is 0. The number of rotatable bonds is 6. The molecule has 1 unspecified atom stereocenters. The van der Waals surface area contributed by atoms with Crippen molar-refractivity contribution in [2.24, 2.45) is 0 Å². The second kappa shape index (κ2) is 9.39. The lowest BCUT2D eigenvalue weighted by Gasteiger charge is -2.24. The number of likely N-dealkylation sites (tertiary alicyclic amines) is 1. The summed E-state index contributed by atoms with van der Waals surface area (Å²) in [6.45, 7) is 1.53. The number of benzene rings is 3. The van der Waals surface area contributed by atoms with Gasteiger partial charge in [0, 0.05) is 30.9 Å². The van der Waals surface area contributed by atoms with Crippen LogP contribution in [0.1, 0.15) is 34.3 Å². The fraction of sp³-hybridized carbons (Fsp3) is 0.222. The maximum absolute atomic E-state index is 13.3. The molecule has 0 aliphatic carbocycles. The number of aromatic nitrogens is 2. The van der Waals surface area contributed by atoms with E-state index in [0.717, 1.165) is 22.9 Å². The van der Waals surface area contributed by atoms with Crippen LogP contribution in [-0.4, -0.2) is 44.2 Å². The molecule has 1 aliphatic heterocycles. The maximum atomic E-state index is 13.3. The number of hydrogen-bond donors (Lipinski definition) is 2. The summed E-state index contributed by atoms with van der Waals surface area (Å²) in [7, 11) is 0. The van der Waals surface area contributed by atoms with Crippen molar-refractivity contribution in [1.82, 2.24) is 20.0 Å². The number of aromatic hydroxyl groups is 1. The van der Waals surface area contributed by atoms with Crippen LogP contribution in [0.2, 0.25) is 0 Å². The summed E-state index contributed by atoms with van der Waals surface area (Å²) in [5.41, 5.74) is 2.31. The number of hydrogen-bond acceptors (Lipinski definition) is 4. The molecule has 1 atom stereocenters. The van der Waals surface area contributed by atoms with Crippen LogP contribution in [-0.2, 0) is 17.9 Å². The number of nitrogens with one attached hydrogen (secondary N) is 1. The van der Waals surface area contributed by atoms with Crippen LogP contribution in [0.3, 0.4) is 0 Å². The van der Waals surface area contributed by atoms with Crippen LogP contribution < -0.4 is 5.32 Å². The Hall–Kier alpha value is -4.13. The molecule has 5 rings (SSSR count). The van der Waals surface area contributed by atoms with Gasteiger partial charge in [0.25, 0.3) is 5.91 Å². The molecule has 2 heterocycles. The Balaban J connectivity index is 1.26. The molecule has 172 valence electrons. The van der Waals surface area contributed by atoms with E-state index in [1.54, 1.807) is 23.2 Å². The first-order valence-electron chi connectivity index (χ1n) is 11.4. The number of nitrogens with zero attached hydrogens (tertiary/aromatic N) is 3. The quantitative estimate of drug-likeness (QED) is 0.465. The Kier molecular flexibility index (Phi) is 5.99. The van der Waals surface area contributed by atoms with Gasteiger partial charge in [-0.15, -0.1) is 0 Å². The molecule has 1 saturated heterocycles. The summed E-state index contributed by atoms with van der Waals surface area (Å²) < 4.78 is 1.85. The van der Waals surface area contributed by atoms with Gasteiger partial charge in [-0.05, 0) is 41.5 Å². The van der Waals surface area contributed by atoms with Crippen LogP contribution >= 0.6 is 0 Å². The third-order valence-electron chi connectivity index (χ3n) is 6.31. The second-order valence-corrected chi connectivity index (χ2v) is 8.58. The molecular formula is C27H26N4O3. The third kappa shape index (κ3) is 4.37. The molecule has 0 spiro atoms. The summed E-state index contributed by atoms with van der Waals surface area (Å²) in [5, 5.41) is 19.4. The molecule has 0 radical (unpaired) electrons. The zero-order valence-corrected chi connectivity index (χ0v) is 18.7. The standard InChI is InChI=1S/C27H26N4O3/c32-25-22-9-2-1-8-21(22)11-12-23(25)27(34)31-15-4-10-24(31)26(33)28-17-19-6-3-7-20(16-19)18-30-14-5-13-29-30/h1-3,5-9,11-14,16,24,32H,4,10,15,17-18H2,(H,28,33). The molecule has 1 aliphatic rings. The number of phenols is 1. The number of amides is 2. The van der Waals surface area contributed by atoms with Gasteiger partial charge in [-0.2, -0.15) is 5.10 Å². The van der Waals surface area contributed by atoms with Gasteiger partial charge in [0.1, 0.15) is 11.8 Å². The van der Waals surface area contributed by atoms with Gasteiger partial charge in [-0.3, -0.25) is 14.3 Å². The van der Waals surface area contributed by atoms with E-state index in [1.807, 2.05) is 65.5 Å². The molecule has 2 amide bonds. The van der Waals surface area contributed by atoms with Crippen molar-refractivity contribution in [3.05, 3.63) is 95.8 Å². The largest absolute Gasteiger partial charge is 0.506 e. The number of carbonyl (C=O) groups excluding carboxylic acids is 2. The first-order valence-corrected chi connectivity index (χ1v) is 11.4. The van der Waals surface area contributed by atoms with Crippen molar-refractivity contribution in [3.8, 4) is 5.75 Å². The minimum atomic E-state index is -0.550. The van der Waals surface area contributed by atoms with E-state index in [2.05, 4.69) is 10.4 Å². The van der Waals surface area contributed by atoms with Crippen molar-refractivity contribution < 1.29 is 14.7 Å². The van der Waals surface area contributed by atoms with Crippen molar-refractivity contribution >= 4 is 22.6 Å². The van der Waals surface area contributed by atoms with Crippen molar-refractivity contribution in [2.45, 2.75) is 32.0 Å². The van der Waals surface area contributed by atoms with Crippen LogP contribution in [0.25, 0.3) is 10.8 Å². The number of carbonyl (C=O) groups is 2. The monoisotopic (exact) mass is 454 g/mol. The highest BCUT2D eigenvalue weighted by molar-refractivity contribution is 6.05. The van der Waals surface area contributed by atoms with Gasteiger partial charge in [-0.1, -0.05) is 54.6 Å². The van der Waals surface area contributed by atoms with Crippen molar-refractivity contribution in [3.63, 3.8) is 0 Å². The fourth-order valence-corrected chi connectivity index (χ4v) is 4.59. The van der Waals surface area contributed by atoms with E-state index in [9.17, 15) is 14.7 Å². The molecular weight excluding hydrogens is 428 g/mol. The first-order chi connectivity index (χ1) is 16.6. The van der Waals surface area contributed by atoms with E-state index in [1.165, 1.54) is 0 Å². The average molecular weight is 455 g/mol. The molecule has 1 aromatic heterocycles. The van der Waals surface area contributed by atoms with Gasteiger partial charge < -0.3 is 15.3 Å². The van der Waals surface area contributed by atoms with Gasteiger partial charge >= 0.3 is 0 Å². The number of phenolic OH excluding ortho intramolecular Hbond substituents is 1. The van der Waals surface area contributed by atoms with E-state index >= 15 is 0 Å². The van der Waals surface area contributed by atoms with Gasteiger partial charge in [0.05, 0.1) is 12.1 Å². The summed E-state index contributed by atoms with van der Waals surface area (Å²) in [5.74, 6) is -0.533. The Labute approximate surface area is 197 Å². The van der Waals surface area contributed by atoms with Crippen LogP contribution in [0, 0.1) is 0 Å². The molecule has 2 N–H and O–H groups in total. The average Bonchev–Trinajstić information content (AvgIpc) is 3.55. The smallest absolute Gasteiger partial charge is 0.258 e. The van der Waals surface area contributed by atoms with Crippen LogP contribution in [0.5, 0.6) is 5.75 Å². The summed E-state index contributed by atoms with van der Waals surface area (Å²) in [4.78, 5) is 27.9. The molecule has 1 fully saturated rings. The molecule has 0 bridgehead atoms. The molecule has 7 nitrogen and oxygen atoms in total. The Morgan fingerprint density at radius 3 is 2.74 bits per heavy atom. The summed E-state index contributed by atoms with van der Waals surface area (Å²) in [6.07, 6.45) is 5.01. The van der Waals surface area contributed by atoms with Crippen LogP contribution in [0.15, 0.2) is 79.1 Å². The van der Waals surface area contributed by atoms with E-state index in [4.69, 9.17) is 0 Å². The summed E-state index contributed by atoms with van der Waals surface area (Å²) in [6, 6.07) is 20.2. The first kappa shape index (κ1) is 21.7. The highest BCUT2D eigenvalue weighted by atomic mass is 16.3. The maximum Gasteiger partial charge on any atom is 0.258 e. The van der Waals surface area contributed by atoms with E-state index < -0.39 is 6.04 Å². The van der Waals surface area contributed by atoms with Gasteiger partial charge in [0.15, 0.2) is 0 Å². The highest BCUT2D eigenvalue weighted by Gasteiger charge is 2.35. The van der Waals surface area contributed by atoms with Gasteiger partial charge in [0.2, 0.25) is 5.91 Å². The Bertz CT molecular complexity index is 1330. The lowest BCUT2D eigenvalue weighted by Crippen LogP contribution is -2.45. The topological polar surface area (TPSA) is 87.5 Å². The number of fused-ring (bicyclic) bond motifs is 1. The minimum Gasteiger partial charge on any atom is -0.506 e. The zero-order valence-electron chi connectivity index (χ0n) is 18.7. The van der Waals surface area contributed by atoms with E-state index in [0.29, 0.717) is 31.4 Å². The molecule has 7 heteroatoms. The SMILES string of the molecule is O=C(NCc1cccc(Cn2cccn2)c1)C1CCCN1C(=O)c1ccc2ccccc2c1O.